The van der Waals surface area contributed by atoms with Gasteiger partial charge >= 0.3 is 0 Å². The number of likely N-dealkylation sites (N-methyl/N-ethyl adjacent to an activating group) is 1. The summed E-state index contributed by atoms with van der Waals surface area (Å²) in [7, 11) is 3.70. The van der Waals surface area contributed by atoms with Crippen LogP contribution in [-0.2, 0) is 4.74 Å². The molecule has 0 atom stereocenters. The van der Waals surface area contributed by atoms with Gasteiger partial charge in [-0.3, -0.25) is 9.59 Å². The first-order valence-corrected chi connectivity index (χ1v) is 10.1. The van der Waals surface area contributed by atoms with Gasteiger partial charge in [0.25, 0.3) is 5.91 Å². The summed E-state index contributed by atoms with van der Waals surface area (Å²) in [6, 6.07) is 7.38. The number of hydrogen-bond donors (Lipinski definition) is 1. The van der Waals surface area contributed by atoms with Gasteiger partial charge in [0.1, 0.15) is 5.82 Å². The van der Waals surface area contributed by atoms with Gasteiger partial charge in [0, 0.05) is 39.8 Å². The van der Waals surface area contributed by atoms with Gasteiger partial charge in [-0.05, 0) is 38.2 Å². The molecular weight excluding hydrogens is 376 g/mol. The lowest BCUT2D eigenvalue weighted by molar-refractivity contribution is 0.0664. The number of aromatic nitrogens is 1. The van der Waals surface area contributed by atoms with E-state index in [2.05, 4.69) is 17.3 Å². The number of nitrogens with one attached hydrogen (secondary N) is 1. The second kappa shape index (κ2) is 9.27. The third-order valence-corrected chi connectivity index (χ3v) is 5.93. The number of piperazine rings is 1. The third-order valence-electron chi connectivity index (χ3n) is 4.72. The molecule has 1 N–H and O–H groups in total. The summed E-state index contributed by atoms with van der Waals surface area (Å²) in [5.41, 5.74) is 1.31. The quantitative estimate of drug-likeness (QED) is 0.566. The molecule has 28 heavy (non-hydrogen) atoms. The van der Waals surface area contributed by atoms with Crippen LogP contribution in [0.2, 0.25) is 0 Å². The summed E-state index contributed by atoms with van der Waals surface area (Å²) >= 11 is 1.41. The highest BCUT2D eigenvalue weighted by Crippen LogP contribution is 2.29. The molecule has 0 aromatic carbocycles. The fourth-order valence-electron chi connectivity index (χ4n) is 3.02. The van der Waals surface area contributed by atoms with E-state index in [4.69, 9.17) is 9.72 Å². The summed E-state index contributed by atoms with van der Waals surface area (Å²) in [5, 5.41) is 3.23. The lowest BCUT2D eigenvalue weighted by atomic mass is 10.1. The monoisotopic (exact) mass is 402 g/mol. The number of hydrogen-bond acceptors (Lipinski definition) is 7. The smallest absolute Gasteiger partial charge is 0.257 e. The van der Waals surface area contributed by atoms with Crippen molar-refractivity contribution >= 4 is 28.8 Å². The fraction of sp³-hybridized carbons (Fsp3) is 0.450. The molecule has 3 heterocycles. The highest BCUT2D eigenvalue weighted by Gasteiger charge is 2.23. The Morgan fingerprint density at radius 2 is 1.93 bits per heavy atom. The Morgan fingerprint density at radius 1 is 1.18 bits per heavy atom. The van der Waals surface area contributed by atoms with Gasteiger partial charge in [0.05, 0.1) is 27.6 Å². The molecule has 0 unspecified atom stereocenters. The first-order valence-electron chi connectivity index (χ1n) is 9.32. The van der Waals surface area contributed by atoms with Crippen LogP contribution in [-0.4, -0.2) is 80.0 Å². The summed E-state index contributed by atoms with van der Waals surface area (Å²) in [4.78, 5) is 35.0. The standard InChI is InChI=1S/C20H26N4O3S/c1-14(25)17-6-7-18(28-17)16-5-4-15(19(22-16)21-8-13-27-3)20(26)24-11-9-23(2)10-12-24/h4-7H,8-13H2,1-3H3,(H,21,22). The molecule has 0 radical (unpaired) electrons. The summed E-state index contributed by atoms with van der Waals surface area (Å²) in [5.74, 6) is 0.579. The van der Waals surface area contributed by atoms with Crippen molar-refractivity contribution in [3.8, 4) is 10.6 Å². The molecule has 1 aliphatic rings. The van der Waals surface area contributed by atoms with Crippen molar-refractivity contribution in [2.24, 2.45) is 0 Å². The fourth-order valence-corrected chi connectivity index (χ4v) is 3.89. The Balaban J connectivity index is 1.87. The minimum Gasteiger partial charge on any atom is -0.383 e. The molecule has 1 fully saturated rings. The van der Waals surface area contributed by atoms with Gasteiger partial charge < -0.3 is 19.9 Å². The van der Waals surface area contributed by atoms with Crippen LogP contribution in [0.15, 0.2) is 24.3 Å². The number of thiophene rings is 1. The van der Waals surface area contributed by atoms with Crippen LogP contribution in [0.25, 0.3) is 10.6 Å². The van der Waals surface area contributed by atoms with E-state index in [1.165, 1.54) is 11.3 Å². The Labute approximate surface area is 169 Å². The van der Waals surface area contributed by atoms with Gasteiger partial charge in [-0.25, -0.2) is 4.98 Å². The van der Waals surface area contributed by atoms with Crippen molar-refractivity contribution in [3.05, 3.63) is 34.7 Å². The van der Waals surface area contributed by atoms with E-state index in [1.807, 2.05) is 29.2 Å². The van der Waals surface area contributed by atoms with Gasteiger partial charge in [0.15, 0.2) is 5.78 Å². The van der Waals surface area contributed by atoms with E-state index in [9.17, 15) is 9.59 Å². The first-order chi connectivity index (χ1) is 13.5. The predicted octanol–water partition coefficient (Wildman–Crippen LogP) is 2.46. The van der Waals surface area contributed by atoms with Gasteiger partial charge in [-0.1, -0.05) is 0 Å². The highest BCUT2D eigenvalue weighted by molar-refractivity contribution is 7.17. The normalized spacial score (nSPS) is 14.9. The first kappa shape index (κ1) is 20.4. The van der Waals surface area contributed by atoms with Crippen molar-refractivity contribution < 1.29 is 14.3 Å². The highest BCUT2D eigenvalue weighted by atomic mass is 32.1. The lowest BCUT2D eigenvalue weighted by Gasteiger charge is -2.32. The number of rotatable bonds is 7. The minimum absolute atomic E-state index is 0.0114. The van der Waals surface area contributed by atoms with Crippen LogP contribution in [0, 0.1) is 0 Å². The maximum absolute atomic E-state index is 13.1. The number of carbonyl (C=O) groups excluding carboxylic acids is 2. The number of ketones is 1. The van der Waals surface area contributed by atoms with Crippen LogP contribution < -0.4 is 5.32 Å². The Morgan fingerprint density at radius 3 is 2.57 bits per heavy atom. The van der Waals surface area contributed by atoms with E-state index < -0.39 is 0 Å². The zero-order chi connectivity index (χ0) is 20.1. The third kappa shape index (κ3) is 4.76. The second-order valence-electron chi connectivity index (χ2n) is 6.83. The second-order valence-corrected chi connectivity index (χ2v) is 7.91. The SMILES string of the molecule is COCCNc1nc(-c2ccc(C(C)=O)s2)ccc1C(=O)N1CCN(C)CC1. The van der Waals surface area contributed by atoms with E-state index in [-0.39, 0.29) is 11.7 Å². The minimum atomic E-state index is -0.0114. The maximum Gasteiger partial charge on any atom is 0.257 e. The lowest BCUT2D eigenvalue weighted by Crippen LogP contribution is -2.47. The van der Waals surface area contributed by atoms with E-state index in [0.29, 0.717) is 42.5 Å². The van der Waals surface area contributed by atoms with E-state index in [0.717, 1.165) is 23.7 Å². The molecule has 0 bridgehead atoms. The average molecular weight is 403 g/mol. The molecule has 8 heteroatoms. The van der Waals surface area contributed by atoms with Crippen molar-refractivity contribution in [1.29, 1.82) is 0 Å². The van der Waals surface area contributed by atoms with Gasteiger partial charge in [-0.15, -0.1) is 11.3 Å². The zero-order valence-electron chi connectivity index (χ0n) is 16.5. The van der Waals surface area contributed by atoms with Crippen LogP contribution in [0.3, 0.4) is 0 Å². The number of methoxy groups -OCH3 is 1. The van der Waals surface area contributed by atoms with Crippen LogP contribution >= 0.6 is 11.3 Å². The van der Waals surface area contributed by atoms with Crippen molar-refractivity contribution in [2.45, 2.75) is 6.92 Å². The number of amides is 1. The molecule has 1 aliphatic heterocycles. The number of pyridine rings is 1. The molecule has 150 valence electrons. The predicted molar refractivity (Wildman–Crippen MR) is 111 cm³/mol. The van der Waals surface area contributed by atoms with Crippen molar-refractivity contribution in [2.75, 3.05) is 58.8 Å². The molecule has 1 amide bonds. The molecule has 2 aromatic rings. The van der Waals surface area contributed by atoms with Crippen LogP contribution in [0.1, 0.15) is 27.0 Å². The summed E-state index contributed by atoms with van der Waals surface area (Å²) in [6.07, 6.45) is 0. The van der Waals surface area contributed by atoms with Crippen LogP contribution in [0.4, 0.5) is 5.82 Å². The van der Waals surface area contributed by atoms with Gasteiger partial charge in [0.2, 0.25) is 0 Å². The topological polar surface area (TPSA) is 74.8 Å². The zero-order valence-corrected chi connectivity index (χ0v) is 17.3. The van der Waals surface area contributed by atoms with Crippen LogP contribution in [0.5, 0.6) is 0 Å². The summed E-state index contributed by atoms with van der Waals surface area (Å²) < 4.78 is 5.11. The average Bonchev–Trinajstić information content (AvgIpc) is 3.19. The Hall–Kier alpha value is -2.29. The molecule has 1 saturated heterocycles. The molecular formula is C20H26N4O3S. The molecule has 0 aliphatic carbocycles. The number of carbonyl (C=O) groups is 2. The molecule has 0 saturated carbocycles. The van der Waals surface area contributed by atoms with E-state index in [1.54, 1.807) is 14.0 Å². The Kier molecular flexibility index (Phi) is 6.77. The molecule has 0 spiro atoms. The Bertz CT molecular complexity index is 844. The van der Waals surface area contributed by atoms with E-state index >= 15 is 0 Å². The van der Waals surface area contributed by atoms with Crippen molar-refractivity contribution in [1.82, 2.24) is 14.8 Å². The van der Waals surface area contributed by atoms with Crippen molar-refractivity contribution in [3.63, 3.8) is 0 Å². The van der Waals surface area contributed by atoms with Gasteiger partial charge in [-0.2, -0.15) is 0 Å². The number of anilines is 1. The number of Topliss-reactive ketones (excluding diaryl/α,β-unsaturated/α-hetero) is 1. The number of ether oxygens (including phenoxy) is 1. The molecule has 2 aromatic heterocycles. The molecule has 7 nitrogen and oxygen atoms in total. The number of nitrogens with zero attached hydrogens (tertiary/aromatic N) is 3. The molecule has 3 rings (SSSR count). The summed E-state index contributed by atoms with van der Waals surface area (Å²) in [6.45, 7) is 5.78. The maximum atomic E-state index is 13.1. The largest absolute Gasteiger partial charge is 0.383 e.